The summed E-state index contributed by atoms with van der Waals surface area (Å²) in [6, 6.07) is 4.48. The zero-order valence-corrected chi connectivity index (χ0v) is 14.4. The molecule has 0 saturated carbocycles. The van der Waals surface area contributed by atoms with Gasteiger partial charge >= 0.3 is 6.03 Å². The molecule has 0 unspecified atom stereocenters. The fourth-order valence-corrected chi connectivity index (χ4v) is 3.46. The van der Waals surface area contributed by atoms with E-state index in [9.17, 15) is 4.79 Å². The predicted molar refractivity (Wildman–Crippen MR) is 90.4 cm³/mol. The maximum atomic E-state index is 12.2. The highest BCUT2D eigenvalue weighted by molar-refractivity contribution is 7.10. The SMILES string of the molecule is CCCCN(C)C(=O)NC[C@H](c1cccs1)N1CCOCC1. The second kappa shape index (κ2) is 9.12. The summed E-state index contributed by atoms with van der Waals surface area (Å²) in [5.74, 6) is 0. The van der Waals surface area contributed by atoms with Gasteiger partial charge in [-0.25, -0.2) is 4.79 Å². The van der Waals surface area contributed by atoms with Crippen LogP contribution in [0, 0.1) is 0 Å². The van der Waals surface area contributed by atoms with Crippen LogP contribution in [0.1, 0.15) is 30.7 Å². The molecule has 1 fully saturated rings. The number of hydrogen-bond donors (Lipinski definition) is 1. The monoisotopic (exact) mass is 325 g/mol. The van der Waals surface area contributed by atoms with E-state index in [1.807, 2.05) is 7.05 Å². The van der Waals surface area contributed by atoms with E-state index < -0.39 is 0 Å². The molecule has 1 aliphatic rings. The maximum absolute atomic E-state index is 12.2. The summed E-state index contributed by atoms with van der Waals surface area (Å²) in [6.45, 7) is 6.98. The number of nitrogens with one attached hydrogen (secondary N) is 1. The van der Waals surface area contributed by atoms with Gasteiger partial charge < -0.3 is 15.0 Å². The zero-order chi connectivity index (χ0) is 15.8. The van der Waals surface area contributed by atoms with Crippen LogP contribution in [0.25, 0.3) is 0 Å². The summed E-state index contributed by atoms with van der Waals surface area (Å²) in [5.41, 5.74) is 0. The number of carbonyl (C=O) groups excluding carboxylic acids is 1. The number of morpholine rings is 1. The van der Waals surface area contributed by atoms with E-state index >= 15 is 0 Å². The van der Waals surface area contributed by atoms with Gasteiger partial charge in [-0.05, 0) is 17.9 Å². The van der Waals surface area contributed by atoms with Crippen molar-refractivity contribution in [3.63, 3.8) is 0 Å². The number of nitrogens with zero attached hydrogens (tertiary/aromatic N) is 2. The summed E-state index contributed by atoms with van der Waals surface area (Å²) >= 11 is 1.75. The Morgan fingerprint density at radius 1 is 1.50 bits per heavy atom. The maximum Gasteiger partial charge on any atom is 0.317 e. The Morgan fingerprint density at radius 2 is 2.27 bits per heavy atom. The molecule has 0 aromatic carbocycles. The first-order valence-electron chi connectivity index (χ1n) is 8.06. The Morgan fingerprint density at radius 3 is 2.91 bits per heavy atom. The number of hydrogen-bond acceptors (Lipinski definition) is 4. The lowest BCUT2D eigenvalue weighted by Crippen LogP contribution is -2.46. The molecule has 0 bridgehead atoms. The lowest BCUT2D eigenvalue weighted by atomic mass is 10.2. The number of urea groups is 1. The highest BCUT2D eigenvalue weighted by Crippen LogP contribution is 2.25. The molecule has 6 heteroatoms. The third kappa shape index (κ3) is 4.97. The topological polar surface area (TPSA) is 44.8 Å². The van der Waals surface area contributed by atoms with E-state index in [4.69, 9.17) is 4.74 Å². The first-order valence-corrected chi connectivity index (χ1v) is 8.94. The van der Waals surface area contributed by atoms with Crippen LogP contribution < -0.4 is 5.32 Å². The summed E-state index contributed by atoms with van der Waals surface area (Å²) in [7, 11) is 1.86. The molecule has 22 heavy (non-hydrogen) atoms. The van der Waals surface area contributed by atoms with Crippen molar-refractivity contribution in [2.24, 2.45) is 0 Å². The molecule has 0 aliphatic carbocycles. The van der Waals surface area contributed by atoms with E-state index in [1.165, 1.54) is 4.88 Å². The molecular weight excluding hydrogens is 298 g/mol. The standard InChI is InChI=1S/C16H27N3O2S/c1-3-4-7-18(2)16(20)17-13-14(15-6-5-12-22-15)19-8-10-21-11-9-19/h5-6,12,14H,3-4,7-11,13H2,1-2H3,(H,17,20)/t14-/m1/s1. The van der Waals surface area contributed by atoms with Crippen LogP contribution in [-0.4, -0.2) is 62.3 Å². The minimum absolute atomic E-state index is 0.0169. The van der Waals surface area contributed by atoms with Crippen LogP contribution in [0.5, 0.6) is 0 Å². The van der Waals surface area contributed by atoms with Gasteiger partial charge in [0.15, 0.2) is 0 Å². The highest BCUT2D eigenvalue weighted by Gasteiger charge is 2.24. The van der Waals surface area contributed by atoms with Crippen LogP contribution in [-0.2, 0) is 4.74 Å². The first-order chi connectivity index (χ1) is 10.7. The molecule has 1 aromatic rings. The van der Waals surface area contributed by atoms with Crippen LogP contribution in [0.2, 0.25) is 0 Å². The molecule has 0 radical (unpaired) electrons. The van der Waals surface area contributed by atoms with Gasteiger partial charge in [0.05, 0.1) is 19.3 Å². The van der Waals surface area contributed by atoms with Crippen LogP contribution in [0.15, 0.2) is 17.5 Å². The summed E-state index contributed by atoms with van der Waals surface area (Å²) in [6.07, 6.45) is 2.14. The van der Waals surface area contributed by atoms with Gasteiger partial charge in [-0.1, -0.05) is 19.4 Å². The Labute approximate surface area is 137 Å². The van der Waals surface area contributed by atoms with Crippen molar-refractivity contribution in [3.05, 3.63) is 22.4 Å². The fraction of sp³-hybridized carbons (Fsp3) is 0.688. The lowest BCUT2D eigenvalue weighted by molar-refractivity contribution is 0.0172. The van der Waals surface area contributed by atoms with Gasteiger partial charge in [-0.15, -0.1) is 11.3 Å². The van der Waals surface area contributed by atoms with Gasteiger partial charge in [-0.3, -0.25) is 4.90 Å². The molecule has 5 nitrogen and oxygen atoms in total. The molecule has 1 atom stereocenters. The Bertz CT molecular complexity index is 433. The molecule has 1 aliphatic heterocycles. The third-order valence-electron chi connectivity index (χ3n) is 4.00. The van der Waals surface area contributed by atoms with Crippen molar-refractivity contribution in [2.45, 2.75) is 25.8 Å². The Balaban J connectivity index is 1.91. The Kier molecular flexibility index (Phi) is 7.15. The lowest BCUT2D eigenvalue weighted by Gasteiger charge is -2.34. The second-order valence-corrected chi connectivity index (χ2v) is 6.62. The molecular formula is C16H27N3O2S. The van der Waals surface area contributed by atoms with Crippen molar-refractivity contribution in [1.82, 2.24) is 15.1 Å². The number of rotatable bonds is 7. The van der Waals surface area contributed by atoms with Gasteiger partial charge in [0.2, 0.25) is 0 Å². The minimum atomic E-state index is 0.0169. The van der Waals surface area contributed by atoms with E-state index in [0.29, 0.717) is 6.54 Å². The van der Waals surface area contributed by atoms with Crippen LogP contribution >= 0.6 is 11.3 Å². The molecule has 1 saturated heterocycles. The third-order valence-corrected chi connectivity index (χ3v) is 4.97. The van der Waals surface area contributed by atoms with Crippen molar-refractivity contribution in [1.29, 1.82) is 0 Å². The molecule has 2 heterocycles. The highest BCUT2D eigenvalue weighted by atomic mass is 32.1. The van der Waals surface area contributed by atoms with Crippen LogP contribution in [0.3, 0.4) is 0 Å². The second-order valence-electron chi connectivity index (χ2n) is 5.64. The molecule has 2 amide bonds. The van der Waals surface area contributed by atoms with Crippen molar-refractivity contribution in [2.75, 3.05) is 46.4 Å². The van der Waals surface area contributed by atoms with E-state index in [1.54, 1.807) is 16.2 Å². The van der Waals surface area contributed by atoms with Gasteiger partial charge in [0.1, 0.15) is 0 Å². The quantitative estimate of drug-likeness (QED) is 0.838. The zero-order valence-electron chi connectivity index (χ0n) is 13.6. The van der Waals surface area contributed by atoms with E-state index in [0.717, 1.165) is 45.7 Å². The van der Waals surface area contributed by atoms with Gasteiger partial charge in [0.25, 0.3) is 0 Å². The smallest absolute Gasteiger partial charge is 0.317 e. The minimum Gasteiger partial charge on any atom is -0.379 e. The van der Waals surface area contributed by atoms with Crippen molar-refractivity contribution >= 4 is 17.4 Å². The van der Waals surface area contributed by atoms with Crippen LogP contribution in [0.4, 0.5) is 4.79 Å². The number of unbranched alkanes of at least 4 members (excludes halogenated alkanes) is 1. The largest absolute Gasteiger partial charge is 0.379 e. The molecule has 1 aromatic heterocycles. The number of ether oxygens (including phenoxy) is 1. The predicted octanol–water partition coefficient (Wildman–Crippen LogP) is 2.56. The van der Waals surface area contributed by atoms with E-state index in [2.05, 4.69) is 34.7 Å². The molecule has 0 spiro atoms. The van der Waals surface area contributed by atoms with Crippen molar-refractivity contribution in [3.8, 4) is 0 Å². The summed E-state index contributed by atoms with van der Waals surface area (Å²) in [4.78, 5) is 17.7. The average Bonchev–Trinajstić information content (AvgIpc) is 3.08. The molecule has 2 rings (SSSR count). The number of amides is 2. The van der Waals surface area contributed by atoms with Gasteiger partial charge in [-0.2, -0.15) is 0 Å². The molecule has 1 N–H and O–H groups in total. The fourth-order valence-electron chi connectivity index (χ4n) is 2.60. The number of carbonyl (C=O) groups is 1. The van der Waals surface area contributed by atoms with Crippen molar-refractivity contribution < 1.29 is 9.53 Å². The average molecular weight is 325 g/mol. The Hall–Kier alpha value is -1.11. The van der Waals surface area contributed by atoms with Gasteiger partial charge in [0, 0.05) is 38.1 Å². The normalized spacial score (nSPS) is 17.2. The summed E-state index contributed by atoms with van der Waals surface area (Å²) in [5, 5.41) is 5.18. The van der Waals surface area contributed by atoms with E-state index in [-0.39, 0.29) is 12.1 Å². The number of thiophene rings is 1. The summed E-state index contributed by atoms with van der Waals surface area (Å²) < 4.78 is 5.44. The first kappa shape index (κ1) is 17.2. The molecule has 124 valence electrons.